The summed E-state index contributed by atoms with van der Waals surface area (Å²) >= 11 is 0. The number of hydrogen-bond donors (Lipinski definition) is 0. The average Bonchev–Trinajstić information content (AvgIpc) is 3.96. The van der Waals surface area contributed by atoms with E-state index in [1.54, 1.807) is 0 Å². The van der Waals surface area contributed by atoms with Crippen LogP contribution in [0, 0.1) is 0 Å². The van der Waals surface area contributed by atoms with Crippen LogP contribution in [0.15, 0.2) is 218 Å². The van der Waals surface area contributed by atoms with Gasteiger partial charge in [-0.15, -0.1) is 0 Å². The van der Waals surface area contributed by atoms with E-state index < -0.39 is 5.41 Å². The van der Waals surface area contributed by atoms with Gasteiger partial charge in [-0.3, -0.25) is 4.57 Å². The first-order chi connectivity index (χ1) is 30.8. The smallest absolute Gasteiger partial charge is 0.238 e. The van der Waals surface area contributed by atoms with E-state index in [1.807, 2.05) is 24.3 Å². The van der Waals surface area contributed by atoms with Gasteiger partial charge in [0.2, 0.25) is 5.95 Å². The summed E-state index contributed by atoms with van der Waals surface area (Å²) in [6, 6.07) is 78.5. The second kappa shape index (κ2) is 13.4. The number of aromatic nitrogens is 4. The van der Waals surface area contributed by atoms with Crippen LogP contribution in [0.1, 0.15) is 22.3 Å². The Balaban J connectivity index is 1.14. The van der Waals surface area contributed by atoms with Gasteiger partial charge in [0.05, 0.1) is 16.4 Å². The Kier molecular flexibility index (Phi) is 7.49. The van der Waals surface area contributed by atoms with Gasteiger partial charge in [-0.05, 0) is 85.0 Å². The molecule has 0 fully saturated rings. The molecule has 62 heavy (non-hydrogen) atoms. The summed E-state index contributed by atoms with van der Waals surface area (Å²) in [6.45, 7) is 0. The van der Waals surface area contributed by atoms with E-state index in [4.69, 9.17) is 15.0 Å². The van der Waals surface area contributed by atoms with E-state index in [-0.39, 0.29) is 0 Å². The minimum Gasteiger partial charge on any atom is -0.278 e. The van der Waals surface area contributed by atoms with E-state index in [0.717, 1.165) is 49.8 Å². The van der Waals surface area contributed by atoms with Crippen LogP contribution in [0.25, 0.3) is 95.0 Å². The maximum Gasteiger partial charge on any atom is 0.238 e. The normalized spacial score (nSPS) is 13.0. The molecular weight excluding hydrogens is 753 g/mol. The third-order valence-electron chi connectivity index (χ3n) is 13.1. The lowest BCUT2D eigenvalue weighted by atomic mass is 9.70. The maximum atomic E-state index is 5.42. The first kappa shape index (κ1) is 34.6. The highest BCUT2D eigenvalue weighted by atomic mass is 15.2. The van der Waals surface area contributed by atoms with Gasteiger partial charge in [0, 0.05) is 21.9 Å². The SMILES string of the molecule is c1ccc(-c2cccc(-c3nc(-c4ccccc4)nc(-n4c5cc(-c6ccccc6)ccc5c5c6c(ccc54)C4(c5ccccc5-c5ccccc54)c4ccccc4-6)n3)c2)cc1. The molecule has 13 rings (SSSR count). The standard InChI is InChI=1S/C58H36N4/c1-4-17-37(18-5-1)40-23-16-24-42(35-40)56-59-55(39-21-8-3-9-22-39)60-57(61-56)62-51-34-33-50-53(54(51)46-32-31-41(36-52(46)62)38-19-6-2-7-20-38)45-27-12-15-30-49(45)58(50)47-28-13-10-25-43(47)44-26-11-14-29-48(44)58/h1-36H. The predicted molar refractivity (Wildman–Crippen MR) is 252 cm³/mol. The fourth-order valence-electron chi connectivity index (χ4n) is 10.5. The van der Waals surface area contributed by atoms with Crippen molar-refractivity contribution >= 4 is 21.8 Å². The Labute approximate surface area is 359 Å². The van der Waals surface area contributed by atoms with Gasteiger partial charge < -0.3 is 0 Å². The number of rotatable bonds is 5. The zero-order chi connectivity index (χ0) is 40.8. The maximum absolute atomic E-state index is 5.42. The van der Waals surface area contributed by atoms with Gasteiger partial charge in [-0.2, -0.15) is 9.97 Å². The molecule has 0 aliphatic heterocycles. The van der Waals surface area contributed by atoms with Crippen LogP contribution in [0.3, 0.4) is 0 Å². The van der Waals surface area contributed by atoms with Gasteiger partial charge in [0.1, 0.15) is 0 Å². The Morgan fingerprint density at radius 3 is 1.47 bits per heavy atom. The molecule has 11 aromatic rings. The summed E-state index contributed by atoms with van der Waals surface area (Å²) in [6.07, 6.45) is 0. The van der Waals surface area contributed by atoms with E-state index in [0.29, 0.717) is 17.6 Å². The first-order valence-corrected chi connectivity index (χ1v) is 21.2. The number of benzene rings is 9. The van der Waals surface area contributed by atoms with Gasteiger partial charge in [-0.25, -0.2) is 4.98 Å². The molecule has 0 amide bonds. The van der Waals surface area contributed by atoms with Gasteiger partial charge in [0.15, 0.2) is 11.6 Å². The highest BCUT2D eigenvalue weighted by molar-refractivity contribution is 6.19. The highest BCUT2D eigenvalue weighted by Gasteiger charge is 2.52. The zero-order valence-corrected chi connectivity index (χ0v) is 33.6. The summed E-state index contributed by atoms with van der Waals surface area (Å²) in [7, 11) is 0. The molecule has 0 saturated heterocycles. The monoisotopic (exact) mass is 788 g/mol. The molecule has 0 atom stereocenters. The third-order valence-corrected chi connectivity index (χ3v) is 13.1. The summed E-state index contributed by atoms with van der Waals surface area (Å²) in [5.74, 6) is 1.81. The summed E-state index contributed by atoms with van der Waals surface area (Å²) in [5, 5.41) is 2.34. The van der Waals surface area contributed by atoms with Crippen LogP contribution >= 0.6 is 0 Å². The van der Waals surface area contributed by atoms with Crippen molar-refractivity contribution in [3.05, 3.63) is 241 Å². The second-order valence-corrected chi connectivity index (χ2v) is 16.3. The van der Waals surface area contributed by atoms with Gasteiger partial charge in [-0.1, -0.05) is 200 Å². The molecule has 2 aromatic heterocycles. The lowest BCUT2D eigenvalue weighted by Crippen LogP contribution is -2.25. The molecule has 0 unspecified atom stereocenters. The van der Waals surface area contributed by atoms with Crippen molar-refractivity contribution in [3.63, 3.8) is 0 Å². The molecule has 9 aromatic carbocycles. The first-order valence-electron chi connectivity index (χ1n) is 21.2. The predicted octanol–water partition coefficient (Wildman–Crippen LogP) is 14.0. The lowest BCUT2D eigenvalue weighted by Gasteiger charge is -2.30. The van der Waals surface area contributed by atoms with Crippen molar-refractivity contribution in [3.8, 4) is 73.2 Å². The molecule has 2 aliphatic rings. The lowest BCUT2D eigenvalue weighted by molar-refractivity contribution is 0.794. The minimum absolute atomic E-state index is 0.462. The molecule has 288 valence electrons. The fraction of sp³-hybridized carbons (Fsp3) is 0.0172. The Morgan fingerprint density at radius 2 is 0.823 bits per heavy atom. The molecule has 0 saturated carbocycles. The Bertz CT molecular complexity index is 3530. The summed E-state index contributed by atoms with van der Waals surface area (Å²) < 4.78 is 2.28. The molecule has 2 heterocycles. The molecule has 0 radical (unpaired) electrons. The molecule has 1 spiro atoms. The summed E-state index contributed by atoms with van der Waals surface area (Å²) in [5.41, 5.74) is 18.4. The molecule has 0 bridgehead atoms. The Morgan fingerprint density at radius 1 is 0.323 bits per heavy atom. The van der Waals surface area contributed by atoms with E-state index in [2.05, 4.69) is 199 Å². The van der Waals surface area contributed by atoms with E-state index in [9.17, 15) is 0 Å². The molecule has 2 aliphatic carbocycles. The molecule has 4 nitrogen and oxygen atoms in total. The van der Waals surface area contributed by atoms with E-state index >= 15 is 0 Å². The van der Waals surface area contributed by atoms with Crippen molar-refractivity contribution in [1.29, 1.82) is 0 Å². The minimum atomic E-state index is -0.462. The molecule has 0 N–H and O–H groups in total. The van der Waals surface area contributed by atoms with Crippen molar-refractivity contribution < 1.29 is 0 Å². The van der Waals surface area contributed by atoms with Crippen molar-refractivity contribution in [1.82, 2.24) is 19.5 Å². The van der Waals surface area contributed by atoms with Crippen LogP contribution < -0.4 is 0 Å². The van der Waals surface area contributed by atoms with E-state index in [1.165, 1.54) is 49.9 Å². The van der Waals surface area contributed by atoms with Crippen molar-refractivity contribution in [2.24, 2.45) is 0 Å². The fourth-order valence-corrected chi connectivity index (χ4v) is 10.5. The van der Waals surface area contributed by atoms with Crippen molar-refractivity contribution in [2.45, 2.75) is 5.41 Å². The quantitative estimate of drug-likeness (QED) is 0.174. The number of hydrogen-bond acceptors (Lipinski definition) is 3. The highest BCUT2D eigenvalue weighted by Crippen LogP contribution is 2.64. The molecular formula is C58H36N4. The van der Waals surface area contributed by atoms with Gasteiger partial charge in [0.25, 0.3) is 0 Å². The topological polar surface area (TPSA) is 43.6 Å². The largest absolute Gasteiger partial charge is 0.278 e. The number of fused-ring (bicyclic) bond motifs is 14. The summed E-state index contributed by atoms with van der Waals surface area (Å²) in [4.78, 5) is 16.0. The van der Waals surface area contributed by atoms with Crippen LogP contribution in [0.2, 0.25) is 0 Å². The zero-order valence-electron chi connectivity index (χ0n) is 33.6. The van der Waals surface area contributed by atoms with Crippen LogP contribution in [0.5, 0.6) is 0 Å². The number of nitrogens with zero attached hydrogens (tertiary/aromatic N) is 4. The molecule has 4 heteroatoms. The van der Waals surface area contributed by atoms with Crippen molar-refractivity contribution in [2.75, 3.05) is 0 Å². The Hall–Kier alpha value is -8.21. The van der Waals surface area contributed by atoms with Crippen LogP contribution in [0.4, 0.5) is 0 Å². The second-order valence-electron chi connectivity index (χ2n) is 16.3. The third kappa shape index (κ3) is 4.92. The average molecular weight is 789 g/mol. The van der Waals surface area contributed by atoms with Crippen LogP contribution in [-0.2, 0) is 5.41 Å². The van der Waals surface area contributed by atoms with Crippen LogP contribution in [-0.4, -0.2) is 19.5 Å². The van der Waals surface area contributed by atoms with Gasteiger partial charge >= 0.3 is 0 Å².